The maximum absolute atomic E-state index is 13.1. The highest BCUT2D eigenvalue weighted by atomic mass is 19.1. The van der Waals surface area contributed by atoms with Gasteiger partial charge in [0, 0.05) is 19.2 Å². The molecular weight excluding hydrogens is 326 g/mol. The quantitative estimate of drug-likeness (QED) is 0.685. The van der Waals surface area contributed by atoms with Gasteiger partial charge in [0.25, 0.3) is 0 Å². The van der Waals surface area contributed by atoms with Crippen LogP contribution in [0.25, 0.3) is 0 Å². The number of urea groups is 1. The predicted molar refractivity (Wildman–Crippen MR) is 92.1 cm³/mol. The second-order valence-electron chi connectivity index (χ2n) is 5.76. The van der Waals surface area contributed by atoms with Gasteiger partial charge < -0.3 is 15.7 Å². The SMILES string of the molecule is O=C(NCCc1cc(F)cc(F)c1)NC(CCCO)c1ccccc1. The summed E-state index contributed by atoms with van der Waals surface area (Å²) in [5.41, 5.74) is 1.44. The fraction of sp³-hybridized carbons (Fsp3) is 0.316. The molecule has 1 atom stereocenters. The van der Waals surface area contributed by atoms with Crippen LogP contribution in [0.5, 0.6) is 0 Å². The molecule has 0 aromatic heterocycles. The van der Waals surface area contributed by atoms with Crippen LogP contribution in [0.3, 0.4) is 0 Å². The van der Waals surface area contributed by atoms with Gasteiger partial charge >= 0.3 is 6.03 Å². The molecule has 2 rings (SSSR count). The van der Waals surface area contributed by atoms with Gasteiger partial charge in [-0.1, -0.05) is 30.3 Å². The Morgan fingerprint density at radius 2 is 1.76 bits per heavy atom. The molecule has 0 radical (unpaired) electrons. The molecule has 0 saturated heterocycles. The van der Waals surface area contributed by atoms with Gasteiger partial charge in [-0.3, -0.25) is 0 Å². The molecule has 2 aromatic rings. The Labute approximate surface area is 145 Å². The second-order valence-corrected chi connectivity index (χ2v) is 5.76. The van der Waals surface area contributed by atoms with Crippen molar-refractivity contribution in [2.24, 2.45) is 0 Å². The molecule has 3 N–H and O–H groups in total. The van der Waals surface area contributed by atoms with Crippen molar-refractivity contribution in [1.82, 2.24) is 10.6 Å². The van der Waals surface area contributed by atoms with Gasteiger partial charge in [-0.15, -0.1) is 0 Å². The zero-order chi connectivity index (χ0) is 18.1. The first-order chi connectivity index (χ1) is 12.1. The highest BCUT2D eigenvalue weighted by Gasteiger charge is 2.13. The van der Waals surface area contributed by atoms with E-state index in [0.29, 0.717) is 24.8 Å². The average Bonchev–Trinajstić information content (AvgIpc) is 2.58. The molecule has 6 heteroatoms. The van der Waals surface area contributed by atoms with Gasteiger partial charge in [-0.2, -0.15) is 0 Å². The molecule has 0 saturated carbocycles. The Morgan fingerprint density at radius 3 is 2.40 bits per heavy atom. The van der Waals surface area contributed by atoms with Gasteiger partial charge in [0.2, 0.25) is 0 Å². The average molecular weight is 348 g/mol. The molecule has 2 amide bonds. The lowest BCUT2D eigenvalue weighted by Crippen LogP contribution is -2.39. The number of rotatable bonds is 8. The molecule has 1 unspecified atom stereocenters. The van der Waals surface area contributed by atoms with Crippen molar-refractivity contribution in [2.75, 3.05) is 13.2 Å². The van der Waals surface area contributed by atoms with Crippen molar-refractivity contribution in [3.63, 3.8) is 0 Å². The topological polar surface area (TPSA) is 61.4 Å². The van der Waals surface area contributed by atoms with E-state index in [1.807, 2.05) is 30.3 Å². The van der Waals surface area contributed by atoms with Gasteiger partial charge in [-0.05, 0) is 42.5 Å². The van der Waals surface area contributed by atoms with Crippen molar-refractivity contribution in [3.05, 3.63) is 71.3 Å². The third kappa shape index (κ3) is 6.51. The van der Waals surface area contributed by atoms with Crippen LogP contribution < -0.4 is 10.6 Å². The predicted octanol–water partition coefficient (Wildman–Crippen LogP) is 3.32. The minimum Gasteiger partial charge on any atom is -0.396 e. The monoisotopic (exact) mass is 348 g/mol. The number of aliphatic hydroxyl groups excluding tert-OH is 1. The van der Waals surface area contributed by atoms with E-state index in [-0.39, 0.29) is 25.2 Å². The molecule has 0 aliphatic heterocycles. The fourth-order valence-corrected chi connectivity index (χ4v) is 2.59. The summed E-state index contributed by atoms with van der Waals surface area (Å²) in [6.07, 6.45) is 1.51. The fourth-order valence-electron chi connectivity index (χ4n) is 2.59. The van der Waals surface area contributed by atoms with E-state index in [9.17, 15) is 13.6 Å². The Bertz CT molecular complexity index is 660. The summed E-state index contributed by atoms with van der Waals surface area (Å²) in [5.74, 6) is -1.26. The van der Waals surface area contributed by atoms with Crippen LogP contribution in [-0.2, 0) is 6.42 Å². The zero-order valence-electron chi connectivity index (χ0n) is 13.8. The van der Waals surface area contributed by atoms with Gasteiger partial charge in [0.15, 0.2) is 0 Å². The Kier molecular flexibility index (Phi) is 7.35. The van der Waals surface area contributed by atoms with E-state index in [0.717, 1.165) is 11.6 Å². The summed E-state index contributed by atoms with van der Waals surface area (Å²) in [7, 11) is 0. The highest BCUT2D eigenvalue weighted by molar-refractivity contribution is 5.74. The summed E-state index contributed by atoms with van der Waals surface area (Å²) >= 11 is 0. The molecule has 0 aliphatic carbocycles. The molecule has 0 heterocycles. The summed E-state index contributed by atoms with van der Waals surface area (Å²) in [6, 6.07) is 12.2. The minimum atomic E-state index is -0.632. The molecule has 0 bridgehead atoms. The van der Waals surface area contributed by atoms with Crippen LogP contribution in [0.1, 0.15) is 30.0 Å². The van der Waals surface area contributed by atoms with Crippen molar-refractivity contribution >= 4 is 6.03 Å². The number of benzene rings is 2. The largest absolute Gasteiger partial charge is 0.396 e. The third-order valence-corrected chi connectivity index (χ3v) is 3.78. The minimum absolute atomic E-state index is 0.0533. The molecule has 0 spiro atoms. The van der Waals surface area contributed by atoms with Crippen molar-refractivity contribution < 1.29 is 18.7 Å². The van der Waals surface area contributed by atoms with Crippen molar-refractivity contribution in [2.45, 2.75) is 25.3 Å². The second kappa shape index (κ2) is 9.74. The molecule has 0 aliphatic rings. The lowest BCUT2D eigenvalue weighted by Gasteiger charge is -2.19. The van der Waals surface area contributed by atoms with Crippen molar-refractivity contribution in [1.29, 1.82) is 0 Å². The van der Waals surface area contributed by atoms with Crippen LogP contribution >= 0.6 is 0 Å². The van der Waals surface area contributed by atoms with Crippen molar-refractivity contribution in [3.8, 4) is 0 Å². The standard InChI is InChI=1S/C19H22F2N2O2/c20-16-11-14(12-17(21)13-16)8-9-22-19(25)23-18(7-4-10-24)15-5-2-1-3-6-15/h1-3,5-6,11-13,18,24H,4,7-10H2,(H2,22,23,25). The maximum atomic E-state index is 13.1. The van der Waals surface area contributed by atoms with Gasteiger partial charge in [0.1, 0.15) is 11.6 Å². The number of amides is 2. The summed E-state index contributed by atoms with van der Waals surface area (Å²) in [4.78, 5) is 12.1. The number of halogens is 2. The van der Waals surface area contributed by atoms with Crippen LogP contribution in [0.2, 0.25) is 0 Å². The third-order valence-electron chi connectivity index (χ3n) is 3.78. The smallest absolute Gasteiger partial charge is 0.315 e. The Morgan fingerprint density at radius 1 is 1.08 bits per heavy atom. The number of nitrogens with one attached hydrogen (secondary N) is 2. The van der Waals surface area contributed by atoms with Crippen LogP contribution in [0.4, 0.5) is 13.6 Å². The molecule has 4 nitrogen and oxygen atoms in total. The van der Waals surface area contributed by atoms with E-state index >= 15 is 0 Å². The number of hydrogen-bond acceptors (Lipinski definition) is 2. The zero-order valence-corrected chi connectivity index (χ0v) is 13.8. The van der Waals surface area contributed by atoms with E-state index in [1.165, 1.54) is 12.1 Å². The number of carbonyl (C=O) groups excluding carboxylic acids is 1. The van der Waals surface area contributed by atoms with Gasteiger partial charge in [0.05, 0.1) is 6.04 Å². The summed E-state index contributed by atoms with van der Waals surface area (Å²) < 4.78 is 26.3. The van der Waals surface area contributed by atoms with E-state index in [1.54, 1.807) is 0 Å². The summed E-state index contributed by atoms with van der Waals surface area (Å²) in [5, 5.41) is 14.6. The molecule has 134 valence electrons. The Balaban J connectivity index is 1.86. The van der Waals surface area contributed by atoms with Crippen LogP contribution in [0, 0.1) is 11.6 Å². The Hall–Kier alpha value is -2.47. The number of hydrogen-bond donors (Lipinski definition) is 3. The van der Waals surface area contributed by atoms with Crippen LogP contribution in [0.15, 0.2) is 48.5 Å². The summed E-state index contributed by atoms with van der Waals surface area (Å²) in [6.45, 7) is 0.313. The highest BCUT2D eigenvalue weighted by Crippen LogP contribution is 2.17. The molecule has 0 fully saturated rings. The number of carbonyl (C=O) groups is 1. The van der Waals surface area contributed by atoms with E-state index in [4.69, 9.17) is 5.11 Å². The normalized spacial score (nSPS) is 11.8. The lowest BCUT2D eigenvalue weighted by molar-refractivity contribution is 0.233. The molecule has 2 aromatic carbocycles. The molecule has 25 heavy (non-hydrogen) atoms. The van der Waals surface area contributed by atoms with Crippen LogP contribution in [-0.4, -0.2) is 24.3 Å². The maximum Gasteiger partial charge on any atom is 0.315 e. The van der Waals surface area contributed by atoms with E-state index < -0.39 is 11.6 Å². The first-order valence-electron chi connectivity index (χ1n) is 8.23. The van der Waals surface area contributed by atoms with E-state index in [2.05, 4.69) is 10.6 Å². The number of aliphatic hydroxyl groups is 1. The first kappa shape index (κ1) is 18.9. The lowest BCUT2D eigenvalue weighted by atomic mass is 10.0. The first-order valence-corrected chi connectivity index (χ1v) is 8.23. The molecular formula is C19H22F2N2O2. The van der Waals surface area contributed by atoms with Gasteiger partial charge in [-0.25, -0.2) is 13.6 Å².